The molecule has 7 heteroatoms. The molecule has 0 saturated carbocycles. The van der Waals surface area contributed by atoms with E-state index in [1.807, 2.05) is 0 Å². The molecule has 0 saturated heterocycles. The Bertz CT molecular complexity index is 628. The predicted octanol–water partition coefficient (Wildman–Crippen LogP) is 4.65. The molecule has 0 fully saturated rings. The molecule has 98 valence electrons. The molecule has 0 aliphatic carbocycles. The average Bonchev–Trinajstić information content (AvgIpc) is 2.33. The number of anilines is 1. The lowest BCUT2D eigenvalue weighted by Gasteiger charge is -2.09. The quantitative estimate of drug-likeness (QED) is 0.735. The van der Waals surface area contributed by atoms with Gasteiger partial charge in [-0.05, 0) is 56.1 Å². The summed E-state index contributed by atoms with van der Waals surface area (Å²) in [6.07, 6.45) is 1.50. The fourth-order valence-corrected chi connectivity index (χ4v) is 2.65. The van der Waals surface area contributed by atoms with E-state index in [1.54, 1.807) is 12.1 Å². The highest BCUT2D eigenvalue weighted by Gasteiger charge is 2.13. The molecule has 19 heavy (non-hydrogen) atoms. The van der Waals surface area contributed by atoms with Crippen LogP contribution in [0.3, 0.4) is 0 Å². The molecule has 1 heterocycles. The Morgan fingerprint density at radius 1 is 1.32 bits per heavy atom. The third-order valence-corrected chi connectivity index (χ3v) is 3.59. The van der Waals surface area contributed by atoms with Crippen LogP contribution in [0.1, 0.15) is 10.4 Å². The van der Waals surface area contributed by atoms with Gasteiger partial charge in [-0.15, -0.1) is 0 Å². The summed E-state index contributed by atoms with van der Waals surface area (Å²) >= 11 is 12.2. The van der Waals surface area contributed by atoms with Crippen molar-refractivity contribution in [2.75, 3.05) is 5.32 Å². The Kier molecular flexibility index (Phi) is 4.54. The second-order valence-electron chi connectivity index (χ2n) is 3.57. The highest BCUT2D eigenvalue weighted by Crippen LogP contribution is 2.32. The van der Waals surface area contributed by atoms with Crippen LogP contribution < -0.4 is 5.32 Å². The van der Waals surface area contributed by atoms with Gasteiger partial charge in [0.05, 0.1) is 10.7 Å². The van der Waals surface area contributed by atoms with E-state index in [0.717, 1.165) is 6.07 Å². The summed E-state index contributed by atoms with van der Waals surface area (Å²) < 4.78 is 14.0. The maximum Gasteiger partial charge on any atom is 0.255 e. The number of amides is 1. The van der Waals surface area contributed by atoms with E-state index < -0.39 is 5.82 Å². The topological polar surface area (TPSA) is 42.0 Å². The lowest BCUT2D eigenvalue weighted by atomic mass is 10.2. The first kappa shape index (κ1) is 14.4. The molecule has 1 aromatic heterocycles. The van der Waals surface area contributed by atoms with Gasteiger partial charge in [0, 0.05) is 16.2 Å². The van der Waals surface area contributed by atoms with Crippen molar-refractivity contribution in [3.8, 4) is 0 Å². The highest BCUT2D eigenvalue weighted by molar-refractivity contribution is 9.10. The Morgan fingerprint density at radius 3 is 2.68 bits per heavy atom. The van der Waals surface area contributed by atoms with Crippen LogP contribution in [0.15, 0.2) is 39.5 Å². The number of halogens is 4. The Balaban J connectivity index is 2.29. The molecule has 1 N–H and O–H groups in total. The van der Waals surface area contributed by atoms with Gasteiger partial charge in [0.15, 0.2) is 0 Å². The van der Waals surface area contributed by atoms with Gasteiger partial charge in [0.25, 0.3) is 5.91 Å². The number of nitrogens with one attached hydrogen (secondary N) is 1. The van der Waals surface area contributed by atoms with Crippen LogP contribution in [-0.2, 0) is 0 Å². The van der Waals surface area contributed by atoms with Crippen LogP contribution in [0.25, 0.3) is 0 Å². The van der Waals surface area contributed by atoms with Crippen molar-refractivity contribution in [2.45, 2.75) is 0 Å². The number of pyridine rings is 1. The summed E-state index contributed by atoms with van der Waals surface area (Å²) in [6, 6.07) is 5.49. The van der Waals surface area contributed by atoms with Crippen LogP contribution in [0, 0.1) is 5.82 Å². The SMILES string of the molecule is O=C(Nc1c(Cl)cc(F)cc1Br)c1ccnc(Br)c1. The zero-order valence-electron chi connectivity index (χ0n) is 9.25. The average molecular weight is 408 g/mol. The zero-order valence-corrected chi connectivity index (χ0v) is 13.2. The number of carbonyl (C=O) groups excluding carboxylic acids is 1. The second kappa shape index (κ2) is 5.98. The first-order valence-corrected chi connectivity index (χ1v) is 7.01. The maximum atomic E-state index is 13.1. The van der Waals surface area contributed by atoms with Crippen molar-refractivity contribution >= 4 is 55.1 Å². The molecule has 0 aliphatic rings. The first-order chi connectivity index (χ1) is 8.97. The molecule has 2 aromatic rings. The normalized spacial score (nSPS) is 10.3. The van der Waals surface area contributed by atoms with Crippen LogP contribution in [0.2, 0.25) is 5.02 Å². The number of carbonyl (C=O) groups is 1. The Morgan fingerprint density at radius 2 is 2.05 bits per heavy atom. The van der Waals surface area contributed by atoms with Gasteiger partial charge >= 0.3 is 0 Å². The number of aromatic nitrogens is 1. The minimum Gasteiger partial charge on any atom is -0.320 e. The standard InChI is InChI=1S/C12H6Br2ClFN2O/c13-8-4-7(16)5-9(15)11(8)18-12(19)6-1-2-17-10(14)3-6/h1-5H,(H,18,19). The highest BCUT2D eigenvalue weighted by atomic mass is 79.9. The monoisotopic (exact) mass is 406 g/mol. The molecule has 1 aromatic carbocycles. The van der Waals surface area contributed by atoms with Crippen molar-refractivity contribution in [2.24, 2.45) is 0 Å². The van der Waals surface area contributed by atoms with E-state index in [-0.39, 0.29) is 10.9 Å². The van der Waals surface area contributed by atoms with Crippen LogP contribution in [0.5, 0.6) is 0 Å². The van der Waals surface area contributed by atoms with E-state index in [1.165, 1.54) is 12.3 Å². The molecule has 0 aliphatic heterocycles. The molecule has 0 spiro atoms. The van der Waals surface area contributed by atoms with E-state index in [0.29, 0.717) is 20.3 Å². The number of hydrogen-bond acceptors (Lipinski definition) is 2. The third-order valence-electron chi connectivity index (χ3n) is 2.23. The minimum absolute atomic E-state index is 0.119. The molecule has 3 nitrogen and oxygen atoms in total. The van der Waals surface area contributed by atoms with Gasteiger partial charge in [0.2, 0.25) is 0 Å². The summed E-state index contributed by atoms with van der Waals surface area (Å²) in [5.41, 5.74) is 0.732. The molecular formula is C12H6Br2ClFN2O. The fourth-order valence-electron chi connectivity index (χ4n) is 1.39. The molecule has 0 radical (unpaired) electrons. The van der Waals surface area contributed by atoms with Gasteiger partial charge in [-0.2, -0.15) is 0 Å². The molecule has 0 bridgehead atoms. The predicted molar refractivity (Wildman–Crippen MR) is 79.0 cm³/mol. The number of nitrogens with zero attached hydrogens (tertiary/aromatic N) is 1. The Hall–Kier alpha value is -0.980. The smallest absolute Gasteiger partial charge is 0.255 e. The fraction of sp³-hybridized carbons (Fsp3) is 0. The van der Waals surface area contributed by atoms with Crippen LogP contribution in [-0.4, -0.2) is 10.9 Å². The van der Waals surface area contributed by atoms with Crippen molar-refractivity contribution in [3.63, 3.8) is 0 Å². The van der Waals surface area contributed by atoms with Crippen LogP contribution >= 0.6 is 43.5 Å². The number of benzene rings is 1. The summed E-state index contributed by atoms with van der Waals surface area (Å²) in [6.45, 7) is 0. The van der Waals surface area contributed by atoms with Gasteiger partial charge in [0.1, 0.15) is 10.4 Å². The van der Waals surface area contributed by atoms with Gasteiger partial charge in [-0.3, -0.25) is 4.79 Å². The minimum atomic E-state index is -0.485. The van der Waals surface area contributed by atoms with Crippen LogP contribution in [0.4, 0.5) is 10.1 Å². The van der Waals surface area contributed by atoms with Gasteiger partial charge < -0.3 is 5.32 Å². The third kappa shape index (κ3) is 3.52. The first-order valence-electron chi connectivity index (χ1n) is 5.05. The number of hydrogen-bond donors (Lipinski definition) is 1. The van der Waals surface area contributed by atoms with E-state index in [9.17, 15) is 9.18 Å². The molecule has 0 unspecified atom stereocenters. The summed E-state index contributed by atoms with van der Waals surface area (Å²) in [7, 11) is 0. The summed E-state index contributed by atoms with van der Waals surface area (Å²) in [5, 5.41) is 2.74. The zero-order chi connectivity index (χ0) is 14.0. The molecule has 2 rings (SSSR count). The summed E-state index contributed by atoms with van der Waals surface area (Å²) in [5.74, 6) is -0.848. The lowest BCUT2D eigenvalue weighted by molar-refractivity contribution is 0.102. The van der Waals surface area contributed by atoms with Crippen molar-refractivity contribution in [1.29, 1.82) is 0 Å². The summed E-state index contributed by atoms with van der Waals surface area (Å²) in [4.78, 5) is 16.0. The van der Waals surface area contributed by atoms with E-state index >= 15 is 0 Å². The van der Waals surface area contributed by atoms with E-state index in [2.05, 4.69) is 42.2 Å². The Labute approximate surface area is 130 Å². The lowest BCUT2D eigenvalue weighted by Crippen LogP contribution is -2.13. The van der Waals surface area contributed by atoms with Crippen molar-refractivity contribution in [1.82, 2.24) is 4.98 Å². The number of rotatable bonds is 2. The maximum absolute atomic E-state index is 13.1. The van der Waals surface area contributed by atoms with Crippen molar-refractivity contribution < 1.29 is 9.18 Å². The second-order valence-corrected chi connectivity index (χ2v) is 5.64. The molecular weight excluding hydrogens is 402 g/mol. The van der Waals surface area contributed by atoms with Crippen molar-refractivity contribution in [3.05, 3.63) is 55.9 Å². The van der Waals surface area contributed by atoms with Gasteiger partial charge in [-0.25, -0.2) is 9.37 Å². The largest absolute Gasteiger partial charge is 0.320 e. The van der Waals surface area contributed by atoms with E-state index in [4.69, 9.17) is 11.6 Å². The molecule has 0 atom stereocenters. The molecule has 1 amide bonds. The van der Waals surface area contributed by atoms with Gasteiger partial charge in [-0.1, -0.05) is 11.6 Å².